The minimum atomic E-state index is -4.96. The van der Waals surface area contributed by atoms with Crippen molar-refractivity contribution in [1.29, 1.82) is 10.5 Å². The Balaban J connectivity index is 3.26. The summed E-state index contributed by atoms with van der Waals surface area (Å²) in [4.78, 5) is 3.52. The lowest BCUT2D eigenvalue weighted by atomic mass is 10.3. The smallest absolute Gasteiger partial charge is 0.186 e. The van der Waals surface area contributed by atoms with E-state index in [9.17, 15) is 13.2 Å². The average Bonchev–Trinajstić information content (AvgIpc) is 2.16. The third-order valence-corrected chi connectivity index (χ3v) is 1.37. The highest BCUT2D eigenvalue weighted by atomic mass is 19.4. The van der Waals surface area contributed by atoms with E-state index in [1.165, 1.54) is 18.2 Å². The summed E-state index contributed by atoms with van der Waals surface area (Å²) >= 11 is 0. The summed E-state index contributed by atoms with van der Waals surface area (Å²) in [6.07, 6.45) is -4.96. The summed E-state index contributed by atoms with van der Waals surface area (Å²) in [5.41, 5.74) is -0.822. The van der Waals surface area contributed by atoms with Crippen LogP contribution in [0.25, 0.3) is 0 Å². The number of hydrogen-bond donors (Lipinski definition) is 0. The zero-order valence-electron chi connectivity index (χ0n) is 7.12. The van der Waals surface area contributed by atoms with Crippen molar-refractivity contribution in [2.45, 2.75) is 6.36 Å². The van der Waals surface area contributed by atoms with Gasteiger partial charge in [-0.15, -0.1) is 13.2 Å². The van der Waals surface area contributed by atoms with E-state index in [1.54, 1.807) is 0 Å². The SMILES string of the molecule is N#Cc1cccc(C#N)[n+]1OC(F)(F)F. The van der Waals surface area contributed by atoms with Crippen molar-refractivity contribution in [3.63, 3.8) is 0 Å². The van der Waals surface area contributed by atoms with Gasteiger partial charge in [0.15, 0.2) is 12.1 Å². The zero-order chi connectivity index (χ0) is 11.5. The van der Waals surface area contributed by atoms with Crippen molar-refractivity contribution >= 4 is 0 Å². The number of rotatable bonds is 1. The summed E-state index contributed by atoms with van der Waals surface area (Å²) < 4.78 is 35.9. The maximum absolute atomic E-state index is 11.9. The Hall–Kier alpha value is -2.28. The fourth-order valence-corrected chi connectivity index (χ4v) is 0.863. The molecule has 0 aromatic carbocycles. The molecule has 0 atom stereocenters. The number of pyridine rings is 1. The molecule has 1 rings (SSSR count). The summed E-state index contributed by atoms with van der Waals surface area (Å²) in [6, 6.07) is 6.45. The van der Waals surface area contributed by atoms with Gasteiger partial charge >= 0.3 is 17.8 Å². The lowest BCUT2D eigenvalue weighted by Crippen LogP contribution is -2.54. The number of alkyl halides is 3. The number of aromatic nitrogens is 1. The van der Waals surface area contributed by atoms with Crippen LogP contribution in [0.15, 0.2) is 18.2 Å². The van der Waals surface area contributed by atoms with E-state index >= 15 is 0 Å². The molecule has 0 N–H and O–H groups in total. The van der Waals surface area contributed by atoms with Gasteiger partial charge in [0.05, 0.1) is 4.73 Å². The minimum absolute atomic E-state index is 0.139. The van der Waals surface area contributed by atoms with Crippen LogP contribution in [0.4, 0.5) is 13.2 Å². The Morgan fingerprint density at radius 3 is 1.93 bits per heavy atom. The lowest BCUT2D eigenvalue weighted by molar-refractivity contribution is -0.931. The molecule has 0 unspecified atom stereocenters. The Kier molecular flexibility index (Phi) is 2.77. The van der Waals surface area contributed by atoms with Crippen molar-refractivity contribution in [2.24, 2.45) is 0 Å². The molecule has 76 valence electrons. The van der Waals surface area contributed by atoms with Gasteiger partial charge in [0.25, 0.3) is 0 Å². The Bertz CT molecular complexity index is 423. The molecule has 0 bridgehead atoms. The molecule has 15 heavy (non-hydrogen) atoms. The number of halogens is 3. The van der Waals surface area contributed by atoms with E-state index in [-0.39, 0.29) is 4.73 Å². The van der Waals surface area contributed by atoms with Gasteiger partial charge < -0.3 is 0 Å². The van der Waals surface area contributed by atoms with Gasteiger partial charge in [0, 0.05) is 12.1 Å². The molecule has 1 heterocycles. The van der Waals surface area contributed by atoms with Crippen molar-refractivity contribution in [1.82, 2.24) is 0 Å². The van der Waals surface area contributed by atoms with Crippen LogP contribution in [0.5, 0.6) is 0 Å². The second kappa shape index (κ2) is 3.84. The molecule has 1 aromatic heterocycles. The largest absolute Gasteiger partial charge is 0.625 e. The van der Waals surface area contributed by atoms with E-state index < -0.39 is 17.8 Å². The molecule has 4 nitrogen and oxygen atoms in total. The van der Waals surface area contributed by atoms with Gasteiger partial charge in [-0.3, -0.25) is 0 Å². The predicted molar refractivity (Wildman–Crippen MR) is 38.7 cm³/mol. The molecule has 0 radical (unpaired) electrons. The molecule has 0 aliphatic carbocycles. The van der Waals surface area contributed by atoms with Gasteiger partial charge in [-0.05, 0) is 6.07 Å². The molecule has 1 aromatic rings. The first-order valence-electron chi connectivity index (χ1n) is 3.59. The van der Waals surface area contributed by atoms with Crippen molar-refractivity contribution in [3.05, 3.63) is 29.6 Å². The second-order valence-corrected chi connectivity index (χ2v) is 2.35. The van der Waals surface area contributed by atoms with Gasteiger partial charge in [-0.1, -0.05) is 0 Å². The van der Waals surface area contributed by atoms with Crippen molar-refractivity contribution in [2.75, 3.05) is 0 Å². The first-order valence-corrected chi connectivity index (χ1v) is 3.59. The zero-order valence-corrected chi connectivity index (χ0v) is 7.12. The van der Waals surface area contributed by atoms with E-state index in [0.29, 0.717) is 0 Å². The molecule has 0 fully saturated rings. The fraction of sp³-hybridized carbons (Fsp3) is 0.125. The van der Waals surface area contributed by atoms with Crippen LogP contribution in [0.1, 0.15) is 11.4 Å². The summed E-state index contributed by atoms with van der Waals surface area (Å²) in [5.74, 6) is 0. The second-order valence-electron chi connectivity index (χ2n) is 2.35. The van der Waals surface area contributed by atoms with Crippen LogP contribution in [-0.2, 0) is 0 Å². The van der Waals surface area contributed by atoms with Gasteiger partial charge in [-0.25, -0.2) is 0 Å². The van der Waals surface area contributed by atoms with Gasteiger partial charge in [0.1, 0.15) is 0 Å². The summed E-state index contributed by atoms with van der Waals surface area (Å²) in [6.45, 7) is 0. The van der Waals surface area contributed by atoms with Crippen LogP contribution >= 0.6 is 0 Å². The standard InChI is InChI=1S/C8H3F3N3O/c9-8(10,11)15-14-6(4-12)2-1-3-7(14)5-13/h1-3H/q+1. The first kappa shape index (κ1) is 10.8. The average molecular weight is 214 g/mol. The summed E-state index contributed by atoms with van der Waals surface area (Å²) in [5, 5.41) is 17.0. The maximum Gasteiger partial charge on any atom is 0.625 e. The van der Waals surface area contributed by atoms with Gasteiger partial charge in [0.2, 0.25) is 0 Å². The molecular formula is C8H3F3N3O+. The van der Waals surface area contributed by atoms with Crippen LogP contribution in [-0.4, -0.2) is 6.36 Å². The topological polar surface area (TPSA) is 60.7 Å². The monoisotopic (exact) mass is 214 g/mol. The third kappa shape index (κ3) is 2.58. The quantitative estimate of drug-likeness (QED) is 0.645. The predicted octanol–water partition coefficient (Wildman–Crippen LogP) is 0.666. The van der Waals surface area contributed by atoms with E-state index in [4.69, 9.17) is 10.5 Å². The lowest BCUT2D eigenvalue weighted by Gasteiger charge is -2.01. The molecule has 0 amide bonds. The highest BCUT2D eigenvalue weighted by Gasteiger charge is 2.40. The van der Waals surface area contributed by atoms with Crippen molar-refractivity contribution < 1.29 is 22.7 Å². The third-order valence-electron chi connectivity index (χ3n) is 1.37. The molecule has 0 saturated heterocycles. The van der Waals surface area contributed by atoms with Crippen LogP contribution in [0.3, 0.4) is 0 Å². The molecule has 7 heteroatoms. The fourth-order valence-electron chi connectivity index (χ4n) is 0.863. The molecule has 0 aliphatic heterocycles. The molecule has 0 saturated carbocycles. The minimum Gasteiger partial charge on any atom is -0.186 e. The molecule has 0 aliphatic rings. The molecule has 0 spiro atoms. The Morgan fingerprint density at radius 1 is 1.13 bits per heavy atom. The van der Waals surface area contributed by atoms with Crippen LogP contribution in [0, 0.1) is 22.7 Å². The van der Waals surface area contributed by atoms with E-state index in [0.717, 1.165) is 12.1 Å². The number of nitrogens with zero attached hydrogens (tertiary/aromatic N) is 3. The highest BCUT2D eigenvalue weighted by molar-refractivity contribution is 5.20. The van der Waals surface area contributed by atoms with E-state index in [2.05, 4.69) is 4.84 Å². The normalized spacial score (nSPS) is 10.2. The van der Waals surface area contributed by atoms with Crippen LogP contribution < -0.4 is 9.57 Å². The maximum atomic E-state index is 11.9. The first-order chi connectivity index (χ1) is 6.98. The number of hydrogen-bond acceptors (Lipinski definition) is 3. The summed E-state index contributed by atoms with van der Waals surface area (Å²) in [7, 11) is 0. The van der Waals surface area contributed by atoms with E-state index in [1.807, 2.05) is 0 Å². The van der Waals surface area contributed by atoms with Gasteiger partial charge in [-0.2, -0.15) is 15.4 Å². The van der Waals surface area contributed by atoms with Crippen LogP contribution in [0.2, 0.25) is 0 Å². The Morgan fingerprint density at radius 2 is 1.60 bits per heavy atom. The molecular weight excluding hydrogens is 211 g/mol. The Labute approximate surface area is 82.3 Å². The number of nitriles is 2. The van der Waals surface area contributed by atoms with Crippen molar-refractivity contribution in [3.8, 4) is 12.1 Å². The highest BCUT2D eigenvalue weighted by Crippen LogP contribution is 2.10.